The first-order valence-corrected chi connectivity index (χ1v) is 8.85. The summed E-state index contributed by atoms with van der Waals surface area (Å²) >= 11 is 0. The highest BCUT2D eigenvalue weighted by Crippen LogP contribution is 2.27. The molecule has 2 aromatic carbocycles. The SMILES string of the molecule is C=C(F)/C(=C\C)c1ccc(-c2ccc(F)c(F)c2)cc1.CC.CC.CF.CF. The fourth-order valence-electron chi connectivity index (χ4n) is 2.00. The molecular formula is C23H31F5. The minimum absolute atomic E-state index is 0.418. The molecule has 0 nitrogen and oxygen atoms in total. The maximum atomic E-state index is 13.2. The number of allylic oxidation sites excluding steroid dienone is 3. The third-order valence-electron chi connectivity index (χ3n) is 3.03. The van der Waals surface area contributed by atoms with Crippen molar-refractivity contribution in [1.29, 1.82) is 0 Å². The van der Waals surface area contributed by atoms with E-state index in [0.29, 0.717) is 31.1 Å². The number of benzene rings is 2. The van der Waals surface area contributed by atoms with Gasteiger partial charge in [-0.2, -0.15) is 0 Å². The molecule has 0 unspecified atom stereocenters. The summed E-state index contributed by atoms with van der Waals surface area (Å²) in [6, 6.07) is 10.6. The number of rotatable bonds is 3. The van der Waals surface area contributed by atoms with Crippen molar-refractivity contribution in [1.82, 2.24) is 0 Å². The van der Waals surface area contributed by atoms with Crippen molar-refractivity contribution in [3.05, 3.63) is 78.1 Å². The van der Waals surface area contributed by atoms with Crippen molar-refractivity contribution in [2.75, 3.05) is 14.4 Å². The van der Waals surface area contributed by atoms with Gasteiger partial charge in [-0.25, -0.2) is 13.2 Å². The normalized spacial score (nSPS) is 9.07. The van der Waals surface area contributed by atoms with Gasteiger partial charge in [0.1, 0.15) is 5.83 Å². The fourth-order valence-corrected chi connectivity index (χ4v) is 2.00. The van der Waals surface area contributed by atoms with E-state index in [0.717, 1.165) is 17.7 Å². The average Bonchev–Trinajstić information content (AvgIpc) is 2.77. The van der Waals surface area contributed by atoms with Gasteiger partial charge < -0.3 is 0 Å². The first-order valence-electron chi connectivity index (χ1n) is 8.85. The molecule has 0 N–H and O–H groups in total. The standard InChI is InChI=1S/C17H13F3.2C2H6.2CH3F/c1-3-15(11(2)18)13-6-4-12(5-7-13)14-8-9-16(19)17(20)10-14;4*1-2/h3-10H,2H2,1H3;2*1-2H3;2*1H3/b15-3+;;;;. The molecule has 0 heterocycles. The van der Waals surface area contributed by atoms with Gasteiger partial charge >= 0.3 is 0 Å². The summed E-state index contributed by atoms with van der Waals surface area (Å²) in [5.74, 6) is -2.28. The van der Waals surface area contributed by atoms with Crippen molar-refractivity contribution in [2.45, 2.75) is 34.6 Å². The molecule has 2 aromatic rings. The van der Waals surface area contributed by atoms with Crippen molar-refractivity contribution in [2.24, 2.45) is 0 Å². The molecule has 0 bridgehead atoms. The van der Waals surface area contributed by atoms with Crippen molar-refractivity contribution in [3.63, 3.8) is 0 Å². The minimum atomic E-state index is -0.891. The molecule has 0 saturated heterocycles. The highest BCUT2D eigenvalue weighted by Gasteiger charge is 2.07. The topological polar surface area (TPSA) is 0 Å². The molecule has 0 aliphatic carbocycles. The second-order valence-electron chi connectivity index (χ2n) is 4.31. The third-order valence-corrected chi connectivity index (χ3v) is 3.03. The highest BCUT2D eigenvalue weighted by molar-refractivity contribution is 5.77. The van der Waals surface area contributed by atoms with Crippen molar-refractivity contribution >= 4 is 5.57 Å². The molecule has 5 heteroatoms. The van der Waals surface area contributed by atoms with E-state index in [4.69, 9.17) is 0 Å². The molecule has 2 rings (SSSR count). The Hall–Kier alpha value is -2.43. The maximum absolute atomic E-state index is 13.2. The van der Waals surface area contributed by atoms with Gasteiger partial charge in [0.25, 0.3) is 0 Å². The first kappa shape index (κ1) is 30.3. The molecule has 0 spiro atoms. The van der Waals surface area contributed by atoms with Crippen LogP contribution in [0.25, 0.3) is 16.7 Å². The zero-order valence-corrected chi connectivity index (χ0v) is 17.7. The van der Waals surface area contributed by atoms with Crippen molar-refractivity contribution < 1.29 is 22.0 Å². The van der Waals surface area contributed by atoms with Gasteiger partial charge in [-0.3, -0.25) is 8.78 Å². The Bertz CT molecular complexity index is 674. The number of hydrogen-bond donors (Lipinski definition) is 0. The predicted molar refractivity (Wildman–Crippen MR) is 112 cm³/mol. The van der Waals surface area contributed by atoms with Crippen LogP contribution in [0.5, 0.6) is 0 Å². The van der Waals surface area contributed by atoms with E-state index in [1.807, 2.05) is 27.7 Å². The van der Waals surface area contributed by atoms with Gasteiger partial charge in [-0.1, -0.05) is 70.7 Å². The Morgan fingerprint density at radius 2 is 1.18 bits per heavy atom. The van der Waals surface area contributed by atoms with E-state index in [1.165, 1.54) is 6.07 Å². The van der Waals surface area contributed by atoms with Gasteiger partial charge in [0.05, 0.1) is 14.4 Å². The molecule has 0 aliphatic rings. The van der Waals surface area contributed by atoms with Crippen LogP contribution in [-0.2, 0) is 0 Å². The maximum Gasteiger partial charge on any atom is 0.159 e. The van der Waals surface area contributed by atoms with E-state index in [-0.39, 0.29) is 0 Å². The van der Waals surface area contributed by atoms with Crippen LogP contribution in [0.2, 0.25) is 0 Å². The van der Waals surface area contributed by atoms with Gasteiger partial charge in [-0.15, -0.1) is 0 Å². The molecule has 0 fully saturated rings. The van der Waals surface area contributed by atoms with Gasteiger partial charge in [0.15, 0.2) is 11.6 Å². The quantitative estimate of drug-likeness (QED) is 0.356. The minimum Gasteiger partial charge on any atom is -0.255 e. The van der Waals surface area contributed by atoms with E-state index in [2.05, 4.69) is 6.58 Å². The van der Waals surface area contributed by atoms with E-state index in [9.17, 15) is 22.0 Å². The van der Waals surface area contributed by atoms with Gasteiger partial charge in [-0.05, 0) is 35.7 Å². The van der Waals surface area contributed by atoms with Crippen LogP contribution in [0.1, 0.15) is 40.2 Å². The average molecular weight is 402 g/mol. The molecular weight excluding hydrogens is 371 g/mol. The summed E-state index contributed by atoms with van der Waals surface area (Å²) in [6.45, 7) is 13.0. The molecule has 0 aromatic heterocycles. The van der Waals surface area contributed by atoms with Crippen LogP contribution in [0.3, 0.4) is 0 Å². The molecule has 0 atom stereocenters. The summed E-state index contributed by atoms with van der Waals surface area (Å²) in [6.07, 6.45) is 1.63. The smallest absolute Gasteiger partial charge is 0.159 e. The second kappa shape index (κ2) is 19.3. The van der Waals surface area contributed by atoms with Gasteiger partial charge in [0.2, 0.25) is 0 Å². The van der Waals surface area contributed by atoms with Crippen molar-refractivity contribution in [3.8, 4) is 11.1 Å². The highest BCUT2D eigenvalue weighted by atomic mass is 19.2. The monoisotopic (exact) mass is 402 g/mol. The molecule has 28 heavy (non-hydrogen) atoms. The fraction of sp³-hybridized carbons (Fsp3) is 0.304. The van der Waals surface area contributed by atoms with E-state index >= 15 is 0 Å². The Balaban J connectivity index is -0.000000695. The summed E-state index contributed by atoms with van der Waals surface area (Å²) in [5.41, 5.74) is 2.40. The summed E-state index contributed by atoms with van der Waals surface area (Å²) in [5, 5.41) is 0. The van der Waals surface area contributed by atoms with Crippen LogP contribution in [0, 0.1) is 11.6 Å². The third kappa shape index (κ3) is 10.0. The molecule has 0 amide bonds. The number of hydrogen-bond acceptors (Lipinski definition) is 0. The number of alkyl halides is 2. The lowest BCUT2D eigenvalue weighted by Crippen LogP contribution is -1.87. The lowest BCUT2D eigenvalue weighted by Gasteiger charge is -2.07. The van der Waals surface area contributed by atoms with Gasteiger partial charge in [0, 0.05) is 5.57 Å². The van der Waals surface area contributed by atoms with Crippen LogP contribution in [0.15, 0.2) is 60.9 Å². The molecule has 0 radical (unpaired) electrons. The predicted octanol–water partition coefficient (Wildman–Crippen LogP) is 8.74. The second-order valence-corrected chi connectivity index (χ2v) is 4.31. The first-order chi connectivity index (χ1) is 13.5. The van der Waals surface area contributed by atoms with Crippen LogP contribution in [0.4, 0.5) is 22.0 Å². The lowest BCUT2D eigenvalue weighted by molar-refractivity contribution is 0.509. The van der Waals surface area contributed by atoms with E-state index in [1.54, 1.807) is 37.3 Å². The lowest BCUT2D eigenvalue weighted by atomic mass is 10.00. The Kier molecular flexibility index (Phi) is 20.9. The molecule has 0 aliphatic heterocycles. The van der Waals surface area contributed by atoms with Crippen LogP contribution < -0.4 is 0 Å². The Labute approximate surface area is 166 Å². The van der Waals surface area contributed by atoms with E-state index < -0.39 is 17.5 Å². The Morgan fingerprint density at radius 1 is 0.750 bits per heavy atom. The summed E-state index contributed by atoms with van der Waals surface area (Å²) < 4.78 is 58.3. The zero-order valence-electron chi connectivity index (χ0n) is 17.7. The molecule has 0 saturated carbocycles. The molecule has 158 valence electrons. The largest absolute Gasteiger partial charge is 0.255 e. The summed E-state index contributed by atoms with van der Waals surface area (Å²) in [7, 11) is 1.00. The zero-order chi connectivity index (χ0) is 22.7. The van der Waals surface area contributed by atoms with Crippen LogP contribution in [-0.4, -0.2) is 14.4 Å². The number of halogens is 5. The summed E-state index contributed by atoms with van der Waals surface area (Å²) in [4.78, 5) is 0. The Morgan fingerprint density at radius 3 is 1.54 bits per heavy atom. The van der Waals surface area contributed by atoms with Crippen LogP contribution >= 0.6 is 0 Å².